The first-order chi connectivity index (χ1) is 10.7. The molecule has 22 heavy (non-hydrogen) atoms. The molecule has 0 aliphatic rings. The highest BCUT2D eigenvalue weighted by Gasteiger charge is 2.08. The molecular formula is C18H21NO2S. The third-order valence-electron chi connectivity index (χ3n) is 3.23. The molecule has 0 fully saturated rings. The molecule has 0 N–H and O–H groups in total. The number of aromatic nitrogens is 1. The van der Waals surface area contributed by atoms with Crippen molar-refractivity contribution in [2.24, 2.45) is 0 Å². The summed E-state index contributed by atoms with van der Waals surface area (Å²) < 4.78 is 5.22. The average molecular weight is 315 g/mol. The van der Waals surface area contributed by atoms with Gasteiger partial charge in [-0.2, -0.15) is 0 Å². The van der Waals surface area contributed by atoms with Gasteiger partial charge in [-0.25, -0.2) is 4.98 Å². The van der Waals surface area contributed by atoms with Crippen LogP contribution in [0.25, 0.3) is 6.08 Å². The Morgan fingerprint density at radius 1 is 1.36 bits per heavy atom. The minimum Gasteiger partial charge on any atom is -0.426 e. The lowest BCUT2D eigenvalue weighted by atomic mass is 10.1. The monoisotopic (exact) mass is 315 g/mol. The first-order valence-corrected chi connectivity index (χ1v) is 8.44. The van der Waals surface area contributed by atoms with Crippen molar-refractivity contribution in [2.75, 3.05) is 0 Å². The van der Waals surface area contributed by atoms with Crippen LogP contribution in [0.2, 0.25) is 0 Å². The molecule has 0 bridgehead atoms. The van der Waals surface area contributed by atoms with Crippen molar-refractivity contribution in [2.45, 2.75) is 39.0 Å². The molecule has 0 aliphatic heterocycles. The molecule has 0 saturated heterocycles. The summed E-state index contributed by atoms with van der Waals surface area (Å²) in [5.41, 5.74) is 0.912. The Hall–Kier alpha value is -1.94. The van der Waals surface area contributed by atoms with E-state index in [0.29, 0.717) is 11.7 Å². The van der Waals surface area contributed by atoms with Crippen LogP contribution in [0.1, 0.15) is 49.7 Å². The molecule has 0 saturated carbocycles. The SMILES string of the molecule is CCCC(C)c1nc(C=CCC(=O)Oc2ccccc2)cs1. The Morgan fingerprint density at radius 3 is 2.86 bits per heavy atom. The van der Waals surface area contributed by atoms with Crippen LogP contribution in [0.15, 0.2) is 41.8 Å². The van der Waals surface area contributed by atoms with Crippen LogP contribution >= 0.6 is 11.3 Å². The van der Waals surface area contributed by atoms with Gasteiger partial charge in [-0.3, -0.25) is 4.79 Å². The molecule has 116 valence electrons. The molecule has 2 aromatic rings. The van der Waals surface area contributed by atoms with Crippen molar-refractivity contribution in [3.8, 4) is 5.75 Å². The number of para-hydroxylation sites is 1. The van der Waals surface area contributed by atoms with Crippen LogP contribution in [-0.2, 0) is 4.79 Å². The van der Waals surface area contributed by atoms with Gasteiger partial charge >= 0.3 is 5.97 Å². The van der Waals surface area contributed by atoms with Crippen LogP contribution in [0.5, 0.6) is 5.75 Å². The Bertz CT molecular complexity index is 619. The summed E-state index contributed by atoms with van der Waals surface area (Å²) in [6.07, 6.45) is 6.24. The van der Waals surface area contributed by atoms with Crippen molar-refractivity contribution < 1.29 is 9.53 Å². The number of nitrogens with zero attached hydrogens (tertiary/aromatic N) is 1. The first kappa shape index (κ1) is 16.4. The summed E-state index contributed by atoms with van der Waals surface area (Å²) in [6, 6.07) is 9.10. The third kappa shape index (κ3) is 5.11. The van der Waals surface area contributed by atoms with Crippen molar-refractivity contribution in [3.63, 3.8) is 0 Å². The van der Waals surface area contributed by atoms with Crippen LogP contribution in [0.4, 0.5) is 0 Å². The summed E-state index contributed by atoms with van der Waals surface area (Å²) in [6.45, 7) is 4.39. The number of hydrogen-bond donors (Lipinski definition) is 0. The molecule has 0 radical (unpaired) electrons. The summed E-state index contributed by atoms with van der Waals surface area (Å²) >= 11 is 1.68. The zero-order valence-corrected chi connectivity index (χ0v) is 13.8. The predicted octanol–water partition coefficient (Wildman–Crippen LogP) is 5.06. The quantitative estimate of drug-likeness (QED) is 0.530. The number of carbonyl (C=O) groups excluding carboxylic acids is 1. The maximum Gasteiger partial charge on any atom is 0.315 e. The van der Waals surface area contributed by atoms with E-state index in [4.69, 9.17) is 4.74 Å². The number of rotatable bonds is 7. The number of ether oxygens (including phenoxy) is 1. The highest BCUT2D eigenvalue weighted by molar-refractivity contribution is 7.09. The first-order valence-electron chi connectivity index (χ1n) is 7.56. The fourth-order valence-electron chi connectivity index (χ4n) is 2.10. The highest BCUT2D eigenvalue weighted by atomic mass is 32.1. The molecule has 2 rings (SSSR count). The van der Waals surface area contributed by atoms with Gasteiger partial charge in [0.1, 0.15) is 5.75 Å². The Balaban J connectivity index is 1.83. The Kier molecular flexibility index (Phi) is 6.34. The zero-order chi connectivity index (χ0) is 15.8. The van der Waals surface area contributed by atoms with Gasteiger partial charge in [-0.1, -0.05) is 44.5 Å². The second-order valence-corrected chi connectivity index (χ2v) is 6.08. The summed E-state index contributed by atoms with van der Waals surface area (Å²) in [7, 11) is 0. The van der Waals surface area contributed by atoms with Crippen molar-refractivity contribution in [3.05, 3.63) is 52.5 Å². The largest absolute Gasteiger partial charge is 0.426 e. The van der Waals surface area contributed by atoms with E-state index >= 15 is 0 Å². The lowest BCUT2D eigenvalue weighted by molar-refractivity contribution is -0.133. The molecule has 0 aliphatic carbocycles. The fourth-order valence-corrected chi connectivity index (χ4v) is 2.98. The number of esters is 1. The van der Waals surface area contributed by atoms with Gasteiger partial charge in [0.2, 0.25) is 0 Å². The third-order valence-corrected chi connectivity index (χ3v) is 4.33. The highest BCUT2D eigenvalue weighted by Crippen LogP contribution is 2.24. The van der Waals surface area contributed by atoms with Gasteiger partial charge in [-0.15, -0.1) is 11.3 Å². The molecule has 4 heteroatoms. The minimum atomic E-state index is -0.266. The van der Waals surface area contributed by atoms with E-state index in [9.17, 15) is 4.79 Å². The maximum absolute atomic E-state index is 11.7. The number of hydrogen-bond acceptors (Lipinski definition) is 4. The second-order valence-electron chi connectivity index (χ2n) is 5.19. The van der Waals surface area contributed by atoms with Gasteiger partial charge in [0.25, 0.3) is 0 Å². The molecule has 1 aromatic heterocycles. The molecule has 1 unspecified atom stereocenters. The van der Waals surface area contributed by atoms with E-state index < -0.39 is 0 Å². The van der Waals surface area contributed by atoms with E-state index in [1.165, 1.54) is 0 Å². The lowest BCUT2D eigenvalue weighted by Crippen LogP contribution is -2.05. The van der Waals surface area contributed by atoms with Crippen molar-refractivity contribution in [1.29, 1.82) is 0 Å². The van der Waals surface area contributed by atoms with Gasteiger partial charge < -0.3 is 4.74 Å². The van der Waals surface area contributed by atoms with Crippen LogP contribution in [-0.4, -0.2) is 11.0 Å². The van der Waals surface area contributed by atoms with E-state index in [0.717, 1.165) is 23.5 Å². The van der Waals surface area contributed by atoms with E-state index in [1.54, 1.807) is 29.5 Å². The van der Waals surface area contributed by atoms with Crippen LogP contribution in [0, 0.1) is 0 Å². The number of carbonyl (C=O) groups is 1. The Labute approximate surface area is 135 Å². The van der Waals surface area contributed by atoms with Crippen LogP contribution < -0.4 is 4.74 Å². The smallest absolute Gasteiger partial charge is 0.315 e. The zero-order valence-electron chi connectivity index (χ0n) is 13.0. The maximum atomic E-state index is 11.7. The number of thiazole rings is 1. The lowest BCUT2D eigenvalue weighted by Gasteiger charge is -2.04. The molecule has 0 amide bonds. The summed E-state index contributed by atoms with van der Waals surface area (Å²) in [4.78, 5) is 16.3. The van der Waals surface area contributed by atoms with Gasteiger partial charge in [0.05, 0.1) is 17.1 Å². The van der Waals surface area contributed by atoms with E-state index in [2.05, 4.69) is 18.8 Å². The topological polar surface area (TPSA) is 39.2 Å². The summed E-state index contributed by atoms with van der Waals surface area (Å²) in [5.74, 6) is 0.808. The molecule has 1 atom stereocenters. The normalized spacial score (nSPS) is 12.5. The van der Waals surface area contributed by atoms with Gasteiger partial charge in [-0.05, 0) is 24.6 Å². The molecule has 1 heterocycles. The molecular weight excluding hydrogens is 294 g/mol. The molecule has 3 nitrogen and oxygen atoms in total. The Morgan fingerprint density at radius 2 is 2.14 bits per heavy atom. The van der Waals surface area contributed by atoms with E-state index in [1.807, 2.05) is 29.7 Å². The van der Waals surface area contributed by atoms with Gasteiger partial charge in [0.15, 0.2) is 0 Å². The predicted molar refractivity (Wildman–Crippen MR) is 91.2 cm³/mol. The number of benzene rings is 1. The summed E-state index contributed by atoms with van der Waals surface area (Å²) in [5, 5.41) is 3.19. The fraction of sp³-hybridized carbons (Fsp3) is 0.333. The minimum absolute atomic E-state index is 0.242. The van der Waals surface area contributed by atoms with E-state index in [-0.39, 0.29) is 12.4 Å². The van der Waals surface area contributed by atoms with Crippen LogP contribution in [0.3, 0.4) is 0 Å². The molecule has 0 spiro atoms. The average Bonchev–Trinajstić information content (AvgIpc) is 2.97. The standard InChI is InChI=1S/C18H21NO2S/c1-3-8-14(2)18-19-15(13-22-18)9-7-12-17(20)21-16-10-5-4-6-11-16/h4-7,9-11,13-14H,3,8,12H2,1-2H3. The van der Waals surface area contributed by atoms with Crippen molar-refractivity contribution >= 4 is 23.4 Å². The van der Waals surface area contributed by atoms with Gasteiger partial charge in [0, 0.05) is 11.3 Å². The second kappa shape index (κ2) is 8.49. The molecule has 1 aromatic carbocycles. The van der Waals surface area contributed by atoms with Crippen molar-refractivity contribution in [1.82, 2.24) is 4.98 Å².